The summed E-state index contributed by atoms with van der Waals surface area (Å²) in [5.41, 5.74) is 0.320. The first kappa shape index (κ1) is 11.6. The highest BCUT2D eigenvalue weighted by Crippen LogP contribution is 2.26. The number of Topliss-reactive ketones (excluding diaryl/α,β-unsaturated/α-hetero) is 1. The van der Waals surface area contributed by atoms with Crippen LogP contribution in [0.4, 0.5) is 0 Å². The van der Waals surface area contributed by atoms with Crippen LogP contribution in [0, 0.1) is 5.92 Å². The van der Waals surface area contributed by atoms with Gasteiger partial charge in [0.05, 0.1) is 5.92 Å². The molecule has 0 aliphatic heterocycles. The summed E-state index contributed by atoms with van der Waals surface area (Å²) in [5.74, 6) is -3.54. The molecule has 2 rings (SSSR count). The zero-order chi connectivity index (χ0) is 12.5. The molecule has 0 heterocycles. The van der Waals surface area contributed by atoms with E-state index in [0.717, 1.165) is 6.08 Å². The van der Waals surface area contributed by atoms with Crippen LogP contribution < -0.4 is 0 Å². The number of aliphatic hydroxyl groups is 2. The zero-order valence-electron chi connectivity index (χ0n) is 8.95. The van der Waals surface area contributed by atoms with Crippen molar-refractivity contribution in [2.45, 2.75) is 5.79 Å². The number of benzene rings is 1. The van der Waals surface area contributed by atoms with E-state index in [4.69, 9.17) is 5.11 Å². The van der Waals surface area contributed by atoms with Gasteiger partial charge in [-0.25, -0.2) is 0 Å². The summed E-state index contributed by atoms with van der Waals surface area (Å²) < 4.78 is 0. The number of ketones is 1. The monoisotopic (exact) mass is 232 g/mol. The molecule has 4 heteroatoms. The van der Waals surface area contributed by atoms with Crippen LogP contribution >= 0.6 is 0 Å². The molecule has 3 N–H and O–H groups in total. The number of carbonyl (C=O) groups is 1. The van der Waals surface area contributed by atoms with Gasteiger partial charge in [0.1, 0.15) is 5.75 Å². The third kappa shape index (κ3) is 2.27. The molecule has 0 amide bonds. The third-order valence-electron chi connectivity index (χ3n) is 2.65. The molecule has 1 aromatic carbocycles. The number of phenolic OH excluding ortho intramolecular Hbond substituents is 1. The van der Waals surface area contributed by atoms with Crippen LogP contribution in [-0.4, -0.2) is 26.9 Å². The minimum Gasteiger partial charge on any atom is -0.508 e. The van der Waals surface area contributed by atoms with Crippen molar-refractivity contribution in [3.05, 3.63) is 54.1 Å². The normalized spacial score (nSPS) is 21.4. The van der Waals surface area contributed by atoms with Crippen molar-refractivity contribution in [2.24, 2.45) is 5.92 Å². The van der Waals surface area contributed by atoms with Crippen LogP contribution in [0.3, 0.4) is 0 Å². The van der Waals surface area contributed by atoms with E-state index < -0.39 is 17.5 Å². The average Bonchev–Trinajstić information content (AvgIpc) is 2.28. The lowest BCUT2D eigenvalue weighted by Crippen LogP contribution is -2.40. The first-order valence-corrected chi connectivity index (χ1v) is 5.15. The summed E-state index contributed by atoms with van der Waals surface area (Å²) in [5, 5.41) is 28.5. The summed E-state index contributed by atoms with van der Waals surface area (Å²) in [6, 6.07) is 5.65. The zero-order valence-corrected chi connectivity index (χ0v) is 8.95. The molecule has 4 nitrogen and oxygen atoms in total. The highest BCUT2D eigenvalue weighted by atomic mass is 16.5. The van der Waals surface area contributed by atoms with Crippen molar-refractivity contribution in [1.29, 1.82) is 0 Å². The number of rotatable bonds is 2. The van der Waals surface area contributed by atoms with Gasteiger partial charge >= 0.3 is 0 Å². The summed E-state index contributed by atoms with van der Waals surface area (Å²) >= 11 is 0. The molecule has 0 saturated heterocycles. The smallest absolute Gasteiger partial charge is 0.196 e. The highest BCUT2D eigenvalue weighted by molar-refractivity contribution is 6.00. The fourth-order valence-electron chi connectivity index (χ4n) is 1.70. The predicted octanol–water partition coefficient (Wildman–Crippen LogP) is 0.998. The van der Waals surface area contributed by atoms with E-state index in [2.05, 4.69) is 0 Å². The molecule has 0 fully saturated rings. The SMILES string of the molecule is O=C(c1ccc(O)cc1)C1C=CC=CC1(O)O. The molecule has 1 aromatic rings. The van der Waals surface area contributed by atoms with Gasteiger partial charge in [-0.05, 0) is 30.3 Å². The molecule has 0 aromatic heterocycles. The number of aromatic hydroxyl groups is 1. The molecule has 1 unspecified atom stereocenters. The molecule has 17 heavy (non-hydrogen) atoms. The fraction of sp³-hybridized carbons (Fsp3) is 0.154. The molecule has 0 spiro atoms. The molecule has 88 valence electrons. The van der Waals surface area contributed by atoms with E-state index in [9.17, 15) is 15.0 Å². The maximum absolute atomic E-state index is 12.0. The number of hydrogen-bond donors (Lipinski definition) is 3. The van der Waals surface area contributed by atoms with Gasteiger partial charge in [0.25, 0.3) is 0 Å². The van der Waals surface area contributed by atoms with Gasteiger partial charge in [0.15, 0.2) is 11.6 Å². The average molecular weight is 232 g/mol. The Morgan fingerprint density at radius 3 is 2.35 bits per heavy atom. The topological polar surface area (TPSA) is 77.8 Å². The van der Waals surface area contributed by atoms with E-state index in [1.165, 1.54) is 36.4 Å². The molecule has 1 aliphatic carbocycles. The van der Waals surface area contributed by atoms with E-state index in [1.807, 2.05) is 0 Å². The molecular weight excluding hydrogens is 220 g/mol. The molecule has 1 aliphatic rings. The Balaban J connectivity index is 2.29. The second kappa shape index (κ2) is 4.16. The first-order valence-electron chi connectivity index (χ1n) is 5.15. The van der Waals surface area contributed by atoms with E-state index in [1.54, 1.807) is 6.08 Å². The van der Waals surface area contributed by atoms with Crippen molar-refractivity contribution < 1.29 is 20.1 Å². The predicted molar refractivity (Wildman–Crippen MR) is 61.4 cm³/mol. The largest absolute Gasteiger partial charge is 0.508 e. The van der Waals surface area contributed by atoms with Gasteiger partial charge in [-0.15, -0.1) is 0 Å². The number of hydrogen-bond acceptors (Lipinski definition) is 4. The molecule has 0 radical (unpaired) electrons. The summed E-state index contributed by atoms with van der Waals surface area (Å²) in [6.07, 6.45) is 5.67. The maximum Gasteiger partial charge on any atom is 0.196 e. The molecule has 1 atom stereocenters. The minimum atomic E-state index is -2.16. The first-order chi connectivity index (χ1) is 8.00. The molecule has 0 saturated carbocycles. The second-order valence-electron chi connectivity index (χ2n) is 3.92. The molecule has 0 bridgehead atoms. The van der Waals surface area contributed by atoms with Gasteiger partial charge in [-0.3, -0.25) is 4.79 Å². The minimum absolute atomic E-state index is 0.0555. The Morgan fingerprint density at radius 1 is 1.12 bits per heavy atom. The van der Waals surface area contributed by atoms with Gasteiger partial charge in [0, 0.05) is 5.56 Å². The molecular formula is C13H12O4. The highest BCUT2D eigenvalue weighted by Gasteiger charge is 2.37. The standard InChI is InChI=1S/C13H12O4/c14-10-6-4-9(5-7-10)12(15)11-3-1-2-8-13(11,16)17/h1-8,11,14,16-17H. The number of allylic oxidation sites excluding steroid dienone is 2. The summed E-state index contributed by atoms with van der Waals surface area (Å²) in [7, 11) is 0. The van der Waals surface area contributed by atoms with Crippen LogP contribution in [0.2, 0.25) is 0 Å². The lowest BCUT2D eigenvalue weighted by Gasteiger charge is -2.27. The van der Waals surface area contributed by atoms with Crippen molar-refractivity contribution in [2.75, 3.05) is 0 Å². The summed E-state index contributed by atoms with van der Waals surface area (Å²) in [4.78, 5) is 12.0. The van der Waals surface area contributed by atoms with Crippen LogP contribution in [0.15, 0.2) is 48.6 Å². The lowest BCUT2D eigenvalue weighted by molar-refractivity contribution is -0.136. The van der Waals surface area contributed by atoms with Gasteiger partial charge in [-0.1, -0.05) is 18.2 Å². The Morgan fingerprint density at radius 2 is 1.76 bits per heavy atom. The van der Waals surface area contributed by atoms with Crippen molar-refractivity contribution in [1.82, 2.24) is 0 Å². The van der Waals surface area contributed by atoms with Gasteiger partial charge < -0.3 is 15.3 Å². The van der Waals surface area contributed by atoms with Crippen LogP contribution in [-0.2, 0) is 0 Å². The Kier molecular flexibility index (Phi) is 2.83. The Hall–Kier alpha value is -1.91. The maximum atomic E-state index is 12.0. The Labute approximate surface area is 98.1 Å². The summed E-state index contributed by atoms with van der Waals surface area (Å²) in [6.45, 7) is 0. The van der Waals surface area contributed by atoms with Crippen molar-refractivity contribution in [3.63, 3.8) is 0 Å². The van der Waals surface area contributed by atoms with E-state index in [-0.39, 0.29) is 5.75 Å². The van der Waals surface area contributed by atoms with E-state index >= 15 is 0 Å². The third-order valence-corrected chi connectivity index (χ3v) is 2.65. The van der Waals surface area contributed by atoms with Crippen LogP contribution in [0.25, 0.3) is 0 Å². The number of carbonyl (C=O) groups excluding carboxylic acids is 1. The quantitative estimate of drug-likeness (QED) is 0.525. The lowest BCUT2D eigenvalue weighted by atomic mass is 9.87. The second-order valence-corrected chi connectivity index (χ2v) is 3.92. The van der Waals surface area contributed by atoms with Crippen LogP contribution in [0.5, 0.6) is 5.75 Å². The van der Waals surface area contributed by atoms with Gasteiger partial charge in [-0.2, -0.15) is 0 Å². The van der Waals surface area contributed by atoms with Crippen molar-refractivity contribution in [3.8, 4) is 5.75 Å². The number of phenols is 1. The Bertz CT molecular complexity index is 483. The fourth-order valence-corrected chi connectivity index (χ4v) is 1.70. The van der Waals surface area contributed by atoms with Gasteiger partial charge in [0.2, 0.25) is 0 Å². The van der Waals surface area contributed by atoms with E-state index in [0.29, 0.717) is 5.56 Å². The van der Waals surface area contributed by atoms with Crippen molar-refractivity contribution >= 4 is 5.78 Å². The van der Waals surface area contributed by atoms with Crippen LogP contribution in [0.1, 0.15) is 10.4 Å².